The zero-order valence-electron chi connectivity index (χ0n) is 18.6. The summed E-state index contributed by atoms with van der Waals surface area (Å²) in [6.07, 6.45) is 14.5. The molecule has 0 spiro atoms. The second-order valence-electron chi connectivity index (χ2n) is 8.37. The number of fused-ring (bicyclic) bond motifs is 1. The van der Waals surface area contributed by atoms with E-state index in [1.807, 2.05) is 23.6 Å². The van der Waals surface area contributed by atoms with E-state index in [1.54, 1.807) is 0 Å². The van der Waals surface area contributed by atoms with E-state index < -0.39 is 0 Å². The molecule has 4 nitrogen and oxygen atoms in total. The summed E-state index contributed by atoms with van der Waals surface area (Å²) < 4.78 is 0. The summed E-state index contributed by atoms with van der Waals surface area (Å²) in [4.78, 5) is 29.6. The summed E-state index contributed by atoms with van der Waals surface area (Å²) in [5, 5.41) is 0. The second-order valence-corrected chi connectivity index (χ2v) is 8.37. The first-order valence-electron chi connectivity index (χ1n) is 11.6. The Hall–Kier alpha value is -1.58. The Morgan fingerprint density at radius 3 is 1.21 bits per heavy atom. The molecule has 0 saturated heterocycles. The van der Waals surface area contributed by atoms with Crippen LogP contribution in [0.5, 0.6) is 0 Å². The molecule has 2 heterocycles. The van der Waals surface area contributed by atoms with Gasteiger partial charge in [-0.25, -0.2) is 0 Å². The van der Waals surface area contributed by atoms with E-state index in [1.165, 1.54) is 51.4 Å². The highest BCUT2D eigenvalue weighted by atomic mass is 16.2. The molecular weight excluding hydrogens is 348 g/mol. The van der Waals surface area contributed by atoms with Gasteiger partial charge in [0.2, 0.25) is 0 Å². The number of carbonyl (C=O) groups is 2. The molecule has 0 aromatic rings. The molecule has 28 heavy (non-hydrogen) atoms. The quantitative estimate of drug-likeness (QED) is 0.346. The Balaban J connectivity index is 1.88. The van der Waals surface area contributed by atoms with Gasteiger partial charge in [-0.05, 0) is 26.7 Å². The van der Waals surface area contributed by atoms with Gasteiger partial charge in [0.05, 0.1) is 11.1 Å². The lowest BCUT2D eigenvalue weighted by atomic mass is 10.1. The molecular formula is C24H40N2O2. The van der Waals surface area contributed by atoms with Crippen molar-refractivity contribution in [3.63, 3.8) is 0 Å². The van der Waals surface area contributed by atoms with Gasteiger partial charge in [0, 0.05) is 24.5 Å². The number of rotatable bonds is 14. The molecule has 0 radical (unpaired) electrons. The Labute approximate surface area is 172 Å². The van der Waals surface area contributed by atoms with Gasteiger partial charge in [0.1, 0.15) is 0 Å². The van der Waals surface area contributed by atoms with Crippen LogP contribution >= 0.6 is 0 Å². The largest absolute Gasteiger partial charge is 0.312 e. The van der Waals surface area contributed by atoms with Crippen LogP contribution in [0.25, 0.3) is 0 Å². The number of unbranched alkanes of at least 4 members (excludes halogenated alkanes) is 10. The number of allylic oxidation sites excluding steroid dienone is 2. The summed E-state index contributed by atoms with van der Waals surface area (Å²) >= 11 is 0. The normalized spacial score (nSPS) is 16.9. The third-order valence-electron chi connectivity index (χ3n) is 6.17. The molecule has 0 aromatic heterocycles. The molecule has 4 heteroatoms. The Kier molecular flexibility index (Phi) is 9.27. The highest BCUT2D eigenvalue weighted by Gasteiger charge is 2.44. The SMILES string of the molecule is CCCCCCCCN1C(=O)C2=C(C)N(CCCCCCCC)C(=O)C2=C1C. The van der Waals surface area contributed by atoms with Gasteiger partial charge in [-0.2, -0.15) is 0 Å². The van der Waals surface area contributed by atoms with Crippen LogP contribution in [0.1, 0.15) is 105 Å². The topological polar surface area (TPSA) is 40.6 Å². The van der Waals surface area contributed by atoms with Crippen molar-refractivity contribution in [3.05, 3.63) is 22.5 Å². The molecule has 2 aliphatic rings. The highest BCUT2D eigenvalue weighted by molar-refractivity contribution is 6.19. The van der Waals surface area contributed by atoms with Crippen molar-refractivity contribution >= 4 is 11.8 Å². The Morgan fingerprint density at radius 2 is 0.857 bits per heavy atom. The molecule has 0 atom stereocenters. The minimum absolute atomic E-state index is 0.0392. The van der Waals surface area contributed by atoms with Crippen molar-refractivity contribution in [2.45, 2.75) is 105 Å². The van der Waals surface area contributed by atoms with Crippen LogP contribution in [-0.4, -0.2) is 34.7 Å². The number of carbonyl (C=O) groups excluding carboxylic acids is 2. The molecule has 0 bridgehead atoms. The van der Waals surface area contributed by atoms with Crippen molar-refractivity contribution in [1.29, 1.82) is 0 Å². The number of nitrogens with zero attached hydrogens (tertiary/aromatic N) is 2. The predicted octanol–water partition coefficient (Wildman–Crippen LogP) is 5.94. The minimum Gasteiger partial charge on any atom is -0.312 e. The van der Waals surface area contributed by atoms with E-state index in [-0.39, 0.29) is 11.8 Å². The molecule has 2 rings (SSSR count). The van der Waals surface area contributed by atoms with Gasteiger partial charge < -0.3 is 9.80 Å². The molecule has 2 amide bonds. The smallest absolute Gasteiger partial charge is 0.260 e. The van der Waals surface area contributed by atoms with Gasteiger partial charge in [-0.1, -0.05) is 78.1 Å². The van der Waals surface area contributed by atoms with E-state index in [9.17, 15) is 9.59 Å². The lowest BCUT2D eigenvalue weighted by Crippen LogP contribution is -2.30. The molecule has 0 aromatic carbocycles. The van der Waals surface area contributed by atoms with Crippen LogP contribution < -0.4 is 0 Å². The monoisotopic (exact) mass is 388 g/mol. The molecule has 0 unspecified atom stereocenters. The average molecular weight is 389 g/mol. The summed E-state index contributed by atoms with van der Waals surface area (Å²) in [6.45, 7) is 9.80. The van der Waals surface area contributed by atoms with Gasteiger partial charge in [0.25, 0.3) is 11.8 Å². The molecule has 2 aliphatic heterocycles. The van der Waals surface area contributed by atoms with E-state index in [0.717, 1.165) is 50.2 Å². The zero-order valence-corrected chi connectivity index (χ0v) is 18.6. The Morgan fingerprint density at radius 1 is 0.536 bits per heavy atom. The third-order valence-corrected chi connectivity index (χ3v) is 6.17. The van der Waals surface area contributed by atoms with E-state index >= 15 is 0 Å². The van der Waals surface area contributed by atoms with Crippen molar-refractivity contribution in [1.82, 2.24) is 9.80 Å². The molecule has 0 N–H and O–H groups in total. The first-order valence-corrected chi connectivity index (χ1v) is 11.6. The van der Waals surface area contributed by atoms with Crippen LogP contribution in [-0.2, 0) is 9.59 Å². The Bertz CT molecular complexity index is 564. The van der Waals surface area contributed by atoms with Gasteiger partial charge in [-0.3, -0.25) is 9.59 Å². The lowest BCUT2D eigenvalue weighted by Gasteiger charge is -2.22. The summed E-state index contributed by atoms with van der Waals surface area (Å²) in [5.74, 6) is 0.0784. The van der Waals surface area contributed by atoms with Gasteiger partial charge >= 0.3 is 0 Å². The van der Waals surface area contributed by atoms with Gasteiger partial charge in [0.15, 0.2) is 0 Å². The number of hydrogen-bond donors (Lipinski definition) is 0. The maximum atomic E-state index is 13.0. The van der Waals surface area contributed by atoms with Crippen molar-refractivity contribution < 1.29 is 9.59 Å². The van der Waals surface area contributed by atoms with Crippen molar-refractivity contribution in [3.8, 4) is 0 Å². The molecule has 0 aliphatic carbocycles. The van der Waals surface area contributed by atoms with Crippen LogP contribution in [0.2, 0.25) is 0 Å². The fraction of sp³-hybridized carbons (Fsp3) is 0.750. The average Bonchev–Trinajstić information content (AvgIpc) is 3.08. The maximum absolute atomic E-state index is 13.0. The van der Waals surface area contributed by atoms with Crippen LogP contribution in [0.4, 0.5) is 0 Å². The maximum Gasteiger partial charge on any atom is 0.260 e. The first kappa shape index (κ1) is 22.7. The fourth-order valence-corrected chi connectivity index (χ4v) is 4.37. The molecule has 0 fully saturated rings. The van der Waals surface area contributed by atoms with Crippen LogP contribution in [0.15, 0.2) is 22.5 Å². The van der Waals surface area contributed by atoms with E-state index in [0.29, 0.717) is 11.1 Å². The predicted molar refractivity (Wildman–Crippen MR) is 116 cm³/mol. The molecule has 0 saturated carbocycles. The van der Waals surface area contributed by atoms with Crippen LogP contribution in [0, 0.1) is 0 Å². The van der Waals surface area contributed by atoms with Gasteiger partial charge in [-0.15, -0.1) is 0 Å². The van der Waals surface area contributed by atoms with Crippen molar-refractivity contribution in [2.75, 3.05) is 13.1 Å². The second kappa shape index (κ2) is 11.4. The minimum atomic E-state index is 0.0392. The van der Waals surface area contributed by atoms with Crippen molar-refractivity contribution in [2.24, 2.45) is 0 Å². The number of hydrogen-bond acceptors (Lipinski definition) is 2. The highest BCUT2D eigenvalue weighted by Crippen LogP contribution is 2.39. The zero-order chi connectivity index (χ0) is 20.5. The molecule has 158 valence electrons. The first-order chi connectivity index (χ1) is 13.5. The summed E-state index contributed by atoms with van der Waals surface area (Å²) in [6, 6.07) is 0. The van der Waals surface area contributed by atoms with E-state index in [4.69, 9.17) is 0 Å². The summed E-state index contributed by atoms with van der Waals surface area (Å²) in [5.41, 5.74) is 3.06. The van der Waals surface area contributed by atoms with E-state index in [2.05, 4.69) is 13.8 Å². The number of amides is 2. The van der Waals surface area contributed by atoms with Crippen LogP contribution in [0.3, 0.4) is 0 Å². The standard InChI is InChI=1S/C24H40N2O2/c1-5-7-9-11-13-15-17-25-19(3)21-22(23(25)27)20(4)26(24(21)28)18-16-14-12-10-8-6-2/h5-18H2,1-4H3. The summed E-state index contributed by atoms with van der Waals surface area (Å²) in [7, 11) is 0. The lowest BCUT2D eigenvalue weighted by molar-refractivity contribution is -0.124. The third kappa shape index (κ3) is 5.27. The fourth-order valence-electron chi connectivity index (χ4n) is 4.37.